The summed E-state index contributed by atoms with van der Waals surface area (Å²) in [6.07, 6.45) is 0. The molecule has 0 radical (unpaired) electrons. The maximum Gasteiger partial charge on any atom is 0.348 e. The molecule has 8 nitrogen and oxygen atoms in total. The van der Waals surface area contributed by atoms with Crippen LogP contribution in [0.3, 0.4) is 0 Å². The maximum absolute atomic E-state index is 12.6. The second-order valence-corrected chi connectivity index (χ2v) is 8.12. The molecule has 0 spiro atoms. The molecule has 138 valence electrons. The number of non-ortho nitro benzene ring substituents is 1. The summed E-state index contributed by atoms with van der Waals surface area (Å²) < 4.78 is 27.4. The minimum Gasteiger partial charge on any atom is -0.477 e. The van der Waals surface area contributed by atoms with Crippen molar-refractivity contribution in [2.24, 2.45) is 0 Å². The fourth-order valence-corrected chi connectivity index (χ4v) is 4.46. The second kappa shape index (κ2) is 7.17. The molecule has 10 heteroatoms. The van der Waals surface area contributed by atoms with Gasteiger partial charge in [0, 0.05) is 17.0 Å². The first-order valence-electron chi connectivity index (χ1n) is 7.48. The summed E-state index contributed by atoms with van der Waals surface area (Å²) in [6.45, 7) is 0. The number of benzene rings is 2. The first-order chi connectivity index (χ1) is 12.8. The molecule has 1 heterocycles. The number of thiophene rings is 1. The van der Waals surface area contributed by atoms with E-state index < -0.39 is 20.9 Å². The van der Waals surface area contributed by atoms with Gasteiger partial charge in [0.15, 0.2) is 0 Å². The molecule has 0 aliphatic heterocycles. The van der Waals surface area contributed by atoms with Gasteiger partial charge in [-0.2, -0.15) is 0 Å². The summed E-state index contributed by atoms with van der Waals surface area (Å²) in [6, 6.07) is 14.9. The Hall–Kier alpha value is -3.24. The highest BCUT2D eigenvalue weighted by Gasteiger charge is 2.23. The lowest BCUT2D eigenvalue weighted by molar-refractivity contribution is -0.385. The number of sulfonamides is 1. The number of nitrogens with one attached hydrogen (secondary N) is 1. The molecular weight excluding hydrogens is 392 g/mol. The molecule has 0 bridgehead atoms. The summed E-state index contributed by atoms with van der Waals surface area (Å²) >= 11 is 0.930. The van der Waals surface area contributed by atoms with Gasteiger partial charge in [-0.1, -0.05) is 36.4 Å². The maximum atomic E-state index is 12.6. The Kier molecular flexibility index (Phi) is 4.93. The standard InChI is InChI=1S/C17H12N2O6S2/c20-17(21)16-14(10-15(26-16)11-5-2-1-3-6-11)18-27(24,25)13-8-4-7-12(9-13)19(22)23/h1-10,18H,(H,20,21). The molecule has 2 aromatic carbocycles. The van der Waals surface area contributed by atoms with Gasteiger partial charge in [0.25, 0.3) is 15.7 Å². The predicted octanol–water partition coefficient (Wildman–Crippen LogP) is 3.82. The van der Waals surface area contributed by atoms with E-state index in [0.29, 0.717) is 4.88 Å². The molecule has 0 atom stereocenters. The average molecular weight is 404 g/mol. The zero-order valence-corrected chi connectivity index (χ0v) is 15.2. The van der Waals surface area contributed by atoms with Crippen molar-refractivity contribution in [3.8, 4) is 10.4 Å². The Morgan fingerprint density at radius 2 is 1.78 bits per heavy atom. The Morgan fingerprint density at radius 1 is 1.07 bits per heavy atom. The summed E-state index contributed by atoms with van der Waals surface area (Å²) in [5, 5.41) is 20.3. The van der Waals surface area contributed by atoms with Crippen LogP contribution in [0.2, 0.25) is 0 Å². The first kappa shape index (κ1) is 18.5. The Morgan fingerprint density at radius 3 is 2.41 bits per heavy atom. The van der Waals surface area contributed by atoms with Gasteiger partial charge in [0.05, 0.1) is 15.5 Å². The number of anilines is 1. The largest absolute Gasteiger partial charge is 0.477 e. The molecule has 0 unspecified atom stereocenters. The highest BCUT2D eigenvalue weighted by molar-refractivity contribution is 7.92. The number of nitro groups is 1. The molecule has 0 saturated heterocycles. The summed E-state index contributed by atoms with van der Waals surface area (Å²) in [7, 11) is -4.21. The normalized spacial score (nSPS) is 11.1. The smallest absolute Gasteiger partial charge is 0.348 e. The van der Waals surface area contributed by atoms with Gasteiger partial charge >= 0.3 is 5.97 Å². The Bertz CT molecular complexity index is 1120. The molecule has 0 aliphatic carbocycles. The van der Waals surface area contributed by atoms with Crippen LogP contribution in [0.25, 0.3) is 10.4 Å². The van der Waals surface area contributed by atoms with E-state index in [9.17, 15) is 28.4 Å². The van der Waals surface area contributed by atoms with Crippen LogP contribution in [0.1, 0.15) is 9.67 Å². The molecule has 2 N–H and O–H groups in total. The fraction of sp³-hybridized carbons (Fsp3) is 0. The van der Waals surface area contributed by atoms with Gasteiger partial charge < -0.3 is 5.11 Å². The quantitative estimate of drug-likeness (QED) is 0.475. The van der Waals surface area contributed by atoms with Gasteiger partial charge in [0.2, 0.25) is 0 Å². The lowest BCUT2D eigenvalue weighted by Crippen LogP contribution is -2.14. The van der Waals surface area contributed by atoms with Crippen LogP contribution in [0, 0.1) is 10.1 Å². The Labute approximate surface area is 157 Å². The summed E-state index contributed by atoms with van der Waals surface area (Å²) in [4.78, 5) is 21.7. The molecule has 3 aromatic rings. The van der Waals surface area contributed by atoms with E-state index in [1.807, 2.05) is 0 Å². The third kappa shape index (κ3) is 3.96. The molecule has 27 heavy (non-hydrogen) atoms. The van der Waals surface area contributed by atoms with E-state index in [2.05, 4.69) is 4.72 Å². The topological polar surface area (TPSA) is 127 Å². The molecule has 0 aliphatic rings. The first-order valence-corrected chi connectivity index (χ1v) is 9.78. The van der Waals surface area contributed by atoms with Crippen molar-refractivity contribution in [2.75, 3.05) is 4.72 Å². The van der Waals surface area contributed by atoms with Gasteiger partial charge in [-0.05, 0) is 17.7 Å². The van der Waals surface area contributed by atoms with Gasteiger partial charge in [-0.3, -0.25) is 14.8 Å². The number of aromatic carboxylic acids is 1. The Balaban J connectivity index is 2.01. The summed E-state index contributed by atoms with van der Waals surface area (Å²) in [5.41, 5.74) is 0.260. The van der Waals surface area contributed by atoms with E-state index in [1.165, 1.54) is 24.3 Å². The van der Waals surface area contributed by atoms with Crippen molar-refractivity contribution in [1.29, 1.82) is 0 Å². The van der Waals surface area contributed by atoms with Crippen LogP contribution in [-0.2, 0) is 10.0 Å². The van der Waals surface area contributed by atoms with Crippen LogP contribution in [0.4, 0.5) is 11.4 Å². The van der Waals surface area contributed by atoms with E-state index >= 15 is 0 Å². The fourth-order valence-electron chi connectivity index (χ4n) is 2.34. The lowest BCUT2D eigenvalue weighted by Gasteiger charge is -2.07. The molecule has 0 amide bonds. The highest BCUT2D eigenvalue weighted by atomic mass is 32.2. The SMILES string of the molecule is O=C(O)c1sc(-c2ccccc2)cc1NS(=O)(=O)c1cccc([N+](=O)[O-])c1. The predicted molar refractivity (Wildman–Crippen MR) is 101 cm³/mol. The number of hydrogen-bond donors (Lipinski definition) is 2. The van der Waals surface area contributed by atoms with Crippen molar-refractivity contribution in [3.05, 3.63) is 75.7 Å². The van der Waals surface area contributed by atoms with Crippen LogP contribution in [0.15, 0.2) is 65.6 Å². The number of rotatable bonds is 6. The average Bonchev–Trinajstić information content (AvgIpc) is 3.06. The third-order valence-electron chi connectivity index (χ3n) is 3.57. The van der Waals surface area contributed by atoms with Crippen molar-refractivity contribution in [2.45, 2.75) is 4.90 Å². The number of hydrogen-bond acceptors (Lipinski definition) is 6. The monoisotopic (exact) mass is 404 g/mol. The van der Waals surface area contributed by atoms with Crippen molar-refractivity contribution in [3.63, 3.8) is 0 Å². The number of nitro benzene ring substituents is 1. The number of nitrogens with zero attached hydrogens (tertiary/aromatic N) is 1. The molecule has 0 fully saturated rings. The molecule has 1 aromatic heterocycles. The zero-order valence-electron chi connectivity index (χ0n) is 13.5. The van der Waals surface area contributed by atoms with Crippen molar-refractivity contribution < 1.29 is 23.2 Å². The number of carboxylic acid groups (broad SMARTS) is 1. The van der Waals surface area contributed by atoms with Crippen LogP contribution in [0.5, 0.6) is 0 Å². The van der Waals surface area contributed by atoms with Crippen molar-refractivity contribution >= 4 is 38.7 Å². The summed E-state index contributed by atoms with van der Waals surface area (Å²) in [5.74, 6) is -1.28. The zero-order chi connectivity index (χ0) is 19.6. The third-order valence-corrected chi connectivity index (χ3v) is 6.10. The van der Waals surface area contributed by atoms with Gasteiger partial charge in [-0.25, -0.2) is 13.2 Å². The van der Waals surface area contributed by atoms with Crippen molar-refractivity contribution in [1.82, 2.24) is 0 Å². The molecule has 0 saturated carbocycles. The number of carbonyl (C=O) groups is 1. The van der Waals surface area contributed by atoms with E-state index in [1.54, 1.807) is 30.3 Å². The van der Waals surface area contributed by atoms with Crippen LogP contribution >= 0.6 is 11.3 Å². The van der Waals surface area contributed by atoms with Crippen LogP contribution in [-0.4, -0.2) is 24.4 Å². The van der Waals surface area contributed by atoms with Gasteiger partial charge in [0.1, 0.15) is 4.88 Å². The minimum absolute atomic E-state index is 0.0992. The lowest BCUT2D eigenvalue weighted by atomic mass is 10.2. The molecular formula is C17H12N2O6S2. The number of carboxylic acids is 1. The second-order valence-electron chi connectivity index (χ2n) is 5.38. The van der Waals surface area contributed by atoms with Crippen LogP contribution < -0.4 is 4.72 Å². The van der Waals surface area contributed by atoms with Gasteiger partial charge in [-0.15, -0.1) is 11.3 Å². The van der Waals surface area contributed by atoms with E-state index in [-0.39, 0.29) is 21.1 Å². The van der Waals surface area contributed by atoms with E-state index in [4.69, 9.17) is 0 Å². The van der Waals surface area contributed by atoms with E-state index in [0.717, 1.165) is 23.0 Å². The highest BCUT2D eigenvalue weighted by Crippen LogP contribution is 2.36. The minimum atomic E-state index is -4.21. The molecule has 3 rings (SSSR count).